The standard InChI is InChI=1S/C9H7.C6H17O2Si2.C4H10N.2ClH.Ti/c1-2-5-9-7-3-6-8(9)4-1;1-6-7-9(2)8-10(3,4)5;1-4(2,3)5;;;/h1-7H;6H2,1-5H3;5H,1-3H3;2*1H;/q-1;;-1;;;+2/p-2. The van der Waals surface area contributed by atoms with Gasteiger partial charge in [0.25, 0.3) is 0 Å². The molecule has 0 aliphatic heterocycles. The second-order valence-corrected chi connectivity index (χ2v) is 16.5. The summed E-state index contributed by atoms with van der Waals surface area (Å²) in [4.78, 5) is 0. The van der Waals surface area contributed by atoms with Crippen molar-refractivity contribution in [3.63, 3.8) is 0 Å². The van der Waals surface area contributed by atoms with Crippen LogP contribution >= 0.6 is 18.6 Å². The smallest absolute Gasteiger partial charge is 0.0809 e. The summed E-state index contributed by atoms with van der Waals surface area (Å²) < 4.78 is 11.0. The number of nitrogens with one attached hydrogen (secondary N) is 1. The van der Waals surface area contributed by atoms with Gasteiger partial charge in [0.15, 0.2) is 8.32 Å². The van der Waals surface area contributed by atoms with Crippen LogP contribution < -0.4 is 0 Å². The first kappa shape index (κ1) is 29.6. The Kier molecular flexibility index (Phi) is 17.8. The van der Waals surface area contributed by atoms with Crippen LogP contribution in [0.4, 0.5) is 0 Å². The van der Waals surface area contributed by atoms with Crippen molar-refractivity contribution in [2.24, 2.45) is 0 Å². The topological polar surface area (TPSA) is 42.3 Å². The summed E-state index contributed by atoms with van der Waals surface area (Å²) in [5, 5.41) is 2.66. The fourth-order valence-electron chi connectivity index (χ4n) is 1.73. The van der Waals surface area contributed by atoms with E-state index in [-0.39, 0.29) is 5.54 Å². The van der Waals surface area contributed by atoms with E-state index in [4.69, 9.17) is 32.9 Å². The molecule has 8 heteroatoms. The summed E-state index contributed by atoms with van der Waals surface area (Å²) in [6.45, 7) is 16.9. The molecule has 0 aliphatic rings. The third-order valence-corrected chi connectivity index (χ3v) is 6.64. The van der Waals surface area contributed by atoms with Gasteiger partial charge in [0.1, 0.15) is 0 Å². The van der Waals surface area contributed by atoms with Gasteiger partial charge in [0.05, 0.1) is 0 Å². The maximum atomic E-state index is 6.94. The molecule has 2 aromatic carbocycles. The van der Waals surface area contributed by atoms with E-state index in [1.165, 1.54) is 10.8 Å². The van der Waals surface area contributed by atoms with Crippen LogP contribution in [0.1, 0.15) is 27.7 Å². The van der Waals surface area contributed by atoms with Crippen molar-refractivity contribution in [2.75, 3.05) is 6.61 Å². The molecule has 0 fully saturated rings. The molecule has 3 nitrogen and oxygen atoms in total. The van der Waals surface area contributed by atoms with Crippen molar-refractivity contribution in [1.29, 1.82) is 0 Å². The summed E-state index contributed by atoms with van der Waals surface area (Å²) in [5.41, 5.74) is 6.69. The molecule has 0 aromatic heterocycles. The number of fused-ring (bicyclic) bond motifs is 1. The molecule has 0 heterocycles. The van der Waals surface area contributed by atoms with Crippen molar-refractivity contribution in [1.82, 2.24) is 0 Å². The Morgan fingerprint density at radius 1 is 1.15 bits per heavy atom. The van der Waals surface area contributed by atoms with Crippen LogP contribution in [0.2, 0.25) is 26.2 Å². The van der Waals surface area contributed by atoms with Crippen LogP contribution in [0.15, 0.2) is 42.5 Å². The molecule has 1 radical (unpaired) electrons. The van der Waals surface area contributed by atoms with Crippen LogP contribution in [0.25, 0.3) is 16.5 Å². The Labute approximate surface area is 185 Å². The molecular formula is C19H34Cl2NO2Si2Ti-2. The molecule has 0 amide bonds. The molecular weight excluding hydrogens is 449 g/mol. The monoisotopic (exact) mass is 482 g/mol. The van der Waals surface area contributed by atoms with E-state index in [0.29, 0.717) is 0 Å². The van der Waals surface area contributed by atoms with Gasteiger partial charge in [0, 0.05) is 6.61 Å². The normalized spacial score (nSPS) is 10.8. The largest absolute Gasteiger partial charge is 0.168 e. The molecule has 0 atom stereocenters. The second kappa shape index (κ2) is 16.3. The molecule has 0 saturated carbocycles. The molecule has 2 aromatic rings. The van der Waals surface area contributed by atoms with E-state index in [1.807, 2.05) is 34.2 Å². The van der Waals surface area contributed by atoms with Crippen LogP contribution in [0.3, 0.4) is 0 Å². The number of halogens is 2. The minimum atomic E-state index is -1.34. The average Bonchev–Trinajstić information content (AvgIpc) is 2.93. The molecule has 0 bridgehead atoms. The van der Waals surface area contributed by atoms with E-state index in [1.54, 1.807) is 0 Å². The zero-order valence-electron chi connectivity index (χ0n) is 17.8. The van der Waals surface area contributed by atoms with Crippen molar-refractivity contribution in [3.8, 4) is 0 Å². The Balaban J connectivity index is 0. The SMILES string of the molecule is CC(C)(C)[NH-].CCO[Si](C)O[Si](C)(C)C.[Cl][Ti][Cl].c1ccc2[cH-]ccc2c1. The first-order valence-corrected chi connectivity index (χ1v) is 18.3. The van der Waals surface area contributed by atoms with Crippen LogP contribution in [-0.4, -0.2) is 29.7 Å². The van der Waals surface area contributed by atoms with E-state index in [2.05, 4.69) is 62.1 Å². The Morgan fingerprint density at radius 3 is 2.04 bits per heavy atom. The van der Waals surface area contributed by atoms with Gasteiger partial charge in [0.2, 0.25) is 0 Å². The van der Waals surface area contributed by atoms with E-state index >= 15 is 0 Å². The molecule has 0 aliphatic carbocycles. The Morgan fingerprint density at radius 2 is 1.63 bits per heavy atom. The molecule has 1 N–H and O–H groups in total. The van der Waals surface area contributed by atoms with Crippen molar-refractivity contribution >= 4 is 47.0 Å². The predicted octanol–water partition coefficient (Wildman–Crippen LogP) is 7.76. The average molecular weight is 483 g/mol. The molecule has 2 rings (SSSR count). The van der Waals surface area contributed by atoms with Crippen molar-refractivity contribution < 1.29 is 25.6 Å². The van der Waals surface area contributed by atoms with E-state index in [9.17, 15) is 0 Å². The summed E-state index contributed by atoms with van der Waals surface area (Å²) in [6.07, 6.45) is 0. The van der Waals surface area contributed by atoms with Crippen LogP contribution in [0, 0.1) is 0 Å². The van der Waals surface area contributed by atoms with E-state index < -0.39 is 34.6 Å². The minimum absolute atomic E-state index is 0.250. The Hall–Kier alpha value is 0.438. The van der Waals surface area contributed by atoms with Gasteiger partial charge in [-0.1, -0.05) is 26.8 Å². The predicted molar refractivity (Wildman–Crippen MR) is 123 cm³/mol. The first-order valence-electron chi connectivity index (χ1n) is 8.81. The number of hydrogen-bond acceptors (Lipinski definition) is 2. The van der Waals surface area contributed by atoms with Gasteiger partial charge in [-0.3, -0.25) is 0 Å². The maximum absolute atomic E-state index is 6.94. The van der Waals surface area contributed by atoms with Gasteiger partial charge in [-0.15, -0.1) is 35.2 Å². The van der Waals surface area contributed by atoms with Gasteiger partial charge in [-0.05, 0) is 33.1 Å². The molecule has 0 unspecified atom stereocenters. The summed E-state index contributed by atoms with van der Waals surface area (Å²) in [5.74, 6) is 0. The zero-order chi connectivity index (χ0) is 21.5. The number of benzene rings is 1. The summed E-state index contributed by atoms with van der Waals surface area (Å²) >= 11 is -0.556. The van der Waals surface area contributed by atoms with Gasteiger partial charge >= 0.3 is 44.9 Å². The molecule has 27 heavy (non-hydrogen) atoms. The van der Waals surface area contributed by atoms with Crippen molar-refractivity contribution in [2.45, 2.75) is 59.4 Å². The molecule has 0 spiro atoms. The summed E-state index contributed by atoms with van der Waals surface area (Å²) in [7, 11) is 7.50. The number of hydrogen-bond donors (Lipinski definition) is 0. The second-order valence-electron chi connectivity index (χ2n) is 7.62. The van der Waals surface area contributed by atoms with Crippen LogP contribution in [-0.2, 0) is 25.6 Å². The molecule has 0 saturated heterocycles. The fraction of sp³-hybridized carbons (Fsp3) is 0.526. The third-order valence-electron chi connectivity index (χ3n) is 2.35. The minimum Gasteiger partial charge on any atom is -0.168 e. The molecule has 155 valence electrons. The quantitative estimate of drug-likeness (QED) is 0.329. The van der Waals surface area contributed by atoms with E-state index in [0.717, 1.165) is 6.61 Å². The fourth-order valence-corrected chi connectivity index (χ4v) is 5.83. The Bertz CT molecular complexity index is 551. The number of rotatable bonds is 4. The third kappa shape index (κ3) is 24.4. The van der Waals surface area contributed by atoms with Crippen LogP contribution in [0.5, 0.6) is 0 Å². The van der Waals surface area contributed by atoms with Crippen molar-refractivity contribution in [3.05, 3.63) is 48.2 Å². The zero-order valence-corrected chi connectivity index (χ0v) is 22.9. The van der Waals surface area contributed by atoms with Gasteiger partial charge in [-0.25, -0.2) is 0 Å². The van der Waals surface area contributed by atoms with Gasteiger partial charge < -0.3 is 14.3 Å². The van der Waals surface area contributed by atoms with Gasteiger partial charge in [-0.2, -0.15) is 17.5 Å². The first-order chi connectivity index (χ1) is 12.3. The summed E-state index contributed by atoms with van der Waals surface area (Å²) in [6, 6.07) is 14.7. The maximum Gasteiger partial charge on any atom is -0.0809 e.